The van der Waals surface area contributed by atoms with E-state index in [2.05, 4.69) is 17.5 Å². The van der Waals surface area contributed by atoms with Gasteiger partial charge < -0.3 is 14.3 Å². The maximum absolute atomic E-state index is 12.1. The zero-order valence-electron chi connectivity index (χ0n) is 15.9. The zero-order chi connectivity index (χ0) is 20.6. The number of benzene rings is 2. The molecule has 3 rings (SSSR count). The fraction of sp³-hybridized carbons (Fsp3) is 0.182. The molecule has 0 atom stereocenters. The third-order valence-electron chi connectivity index (χ3n) is 4.09. The Labute approximate surface area is 173 Å². The van der Waals surface area contributed by atoms with E-state index in [4.69, 9.17) is 20.8 Å². The number of hydrogen-bond acceptors (Lipinski definition) is 5. The quantitative estimate of drug-likeness (QED) is 0.405. The third-order valence-corrected chi connectivity index (χ3v) is 4.33. The Kier molecular flexibility index (Phi) is 6.92. The number of aromatic hydroxyl groups is 1. The summed E-state index contributed by atoms with van der Waals surface area (Å²) in [6.07, 6.45) is 3.46. The van der Waals surface area contributed by atoms with Crippen LogP contribution in [0.1, 0.15) is 40.8 Å². The van der Waals surface area contributed by atoms with Crippen LogP contribution in [-0.4, -0.2) is 17.2 Å². The van der Waals surface area contributed by atoms with Crippen molar-refractivity contribution in [1.29, 1.82) is 0 Å². The molecule has 0 saturated carbocycles. The number of carbonyl (C=O) groups is 1. The third kappa shape index (κ3) is 5.86. The molecular formula is C22H21ClN2O4. The average Bonchev–Trinajstić information content (AvgIpc) is 3.18. The lowest BCUT2D eigenvalue weighted by molar-refractivity contribution is 0.0923. The van der Waals surface area contributed by atoms with E-state index in [0.29, 0.717) is 16.3 Å². The number of carbonyl (C=O) groups excluding carboxylic acids is 1. The lowest BCUT2D eigenvalue weighted by Crippen LogP contribution is -2.16. The van der Waals surface area contributed by atoms with Crippen molar-refractivity contribution in [3.63, 3.8) is 0 Å². The number of aryl methyl sites for hydroxylation is 1. The van der Waals surface area contributed by atoms with Crippen LogP contribution in [0.3, 0.4) is 0 Å². The number of amides is 1. The predicted octanol–water partition coefficient (Wildman–Crippen LogP) is 4.93. The normalized spacial score (nSPS) is 11.0. The summed E-state index contributed by atoms with van der Waals surface area (Å²) in [7, 11) is 0. The Bertz CT molecular complexity index is 996. The molecule has 1 aromatic heterocycles. The molecule has 0 saturated heterocycles. The molecule has 0 fully saturated rings. The summed E-state index contributed by atoms with van der Waals surface area (Å²) in [6, 6.07) is 15.7. The highest BCUT2D eigenvalue weighted by Gasteiger charge is 2.11. The van der Waals surface area contributed by atoms with Gasteiger partial charge in [-0.1, -0.05) is 37.1 Å². The summed E-state index contributed by atoms with van der Waals surface area (Å²) >= 11 is 5.77. The van der Waals surface area contributed by atoms with Crippen molar-refractivity contribution < 1.29 is 19.1 Å². The minimum Gasteiger partial charge on any atom is -0.507 e. The van der Waals surface area contributed by atoms with Crippen molar-refractivity contribution >= 4 is 23.7 Å². The molecule has 2 N–H and O–H groups in total. The fourth-order valence-electron chi connectivity index (χ4n) is 2.61. The maximum Gasteiger partial charge on any atom is 0.307 e. The van der Waals surface area contributed by atoms with Crippen LogP contribution in [0, 0.1) is 0 Å². The highest BCUT2D eigenvalue weighted by Crippen LogP contribution is 2.20. The number of phenolic OH excluding ortho intramolecular Hbond substituents is 1. The van der Waals surface area contributed by atoms with Crippen LogP contribution in [-0.2, 0) is 13.0 Å². The van der Waals surface area contributed by atoms with Gasteiger partial charge in [0, 0.05) is 10.6 Å². The number of nitrogens with zero attached hydrogens (tertiary/aromatic N) is 1. The van der Waals surface area contributed by atoms with Gasteiger partial charge in [0.15, 0.2) is 5.76 Å². The van der Waals surface area contributed by atoms with Gasteiger partial charge in [-0.2, -0.15) is 5.10 Å². The van der Waals surface area contributed by atoms with E-state index in [9.17, 15) is 9.90 Å². The molecule has 150 valence electrons. The average molecular weight is 413 g/mol. The monoisotopic (exact) mass is 412 g/mol. The molecule has 3 aromatic rings. The zero-order valence-corrected chi connectivity index (χ0v) is 16.6. The Morgan fingerprint density at radius 1 is 1.21 bits per heavy atom. The second kappa shape index (κ2) is 9.80. The van der Waals surface area contributed by atoms with Crippen LogP contribution in [0.5, 0.6) is 11.5 Å². The van der Waals surface area contributed by atoms with Crippen molar-refractivity contribution in [2.45, 2.75) is 26.4 Å². The van der Waals surface area contributed by atoms with E-state index < -0.39 is 5.91 Å². The largest absolute Gasteiger partial charge is 0.507 e. The predicted molar refractivity (Wildman–Crippen MR) is 112 cm³/mol. The number of halogens is 1. The molecule has 0 radical (unpaired) electrons. The molecule has 0 aliphatic heterocycles. The summed E-state index contributed by atoms with van der Waals surface area (Å²) in [5, 5.41) is 14.0. The number of hydrazone groups is 1. The lowest BCUT2D eigenvalue weighted by atomic mass is 10.1. The molecule has 0 bridgehead atoms. The van der Waals surface area contributed by atoms with E-state index in [1.165, 1.54) is 17.8 Å². The summed E-state index contributed by atoms with van der Waals surface area (Å²) in [6.45, 7) is 2.35. The Morgan fingerprint density at radius 2 is 2.00 bits per heavy atom. The minimum atomic E-state index is -0.509. The van der Waals surface area contributed by atoms with Gasteiger partial charge in [0.05, 0.1) is 6.21 Å². The number of rotatable bonds is 8. The summed E-state index contributed by atoms with van der Waals surface area (Å²) in [5.41, 5.74) is 4.04. The molecule has 2 aromatic carbocycles. The second-order valence-corrected chi connectivity index (χ2v) is 6.79. The first-order valence-electron chi connectivity index (χ1n) is 9.17. The van der Waals surface area contributed by atoms with E-state index in [-0.39, 0.29) is 18.1 Å². The van der Waals surface area contributed by atoms with Gasteiger partial charge in [-0.05, 0) is 54.4 Å². The molecule has 1 heterocycles. The van der Waals surface area contributed by atoms with E-state index in [0.717, 1.165) is 18.6 Å². The van der Waals surface area contributed by atoms with E-state index in [1.54, 1.807) is 24.3 Å². The van der Waals surface area contributed by atoms with Gasteiger partial charge in [0.25, 0.3) is 0 Å². The topological polar surface area (TPSA) is 84.1 Å². The number of nitrogens with one attached hydrogen (secondary N) is 1. The van der Waals surface area contributed by atoms with Crippen molar-refractivity contribution in [3.8, 4) is 11.5 Å². The number of phenols is 1. The van der Waals surface area contributed by atoms with Crippen molar-refractivity contribution in [2.24, 2.45) is 5.10 Å². The number of hydrogen-bond donors (Lipinski definition) is 2. The molecule has 7 heteroatoms. The Balaban J connectivity index is 1.52. The summed E-state index contributed by atoms with van der Waals surface area (Å²) in [4.78, 5) is 12.1. The Morgan fingerprint density at radius 3 is 2.72 bits per heavy atom. The van der Waals surface area contributed by atoms with Crippen LogP contribution < -0.4 is 10.2 Å². The highest BCUT2D eigenvalue weighted by atomic mass is 35.5. The maximum atomic E-state index is 12.1. The van der Waals surface area contributed by atoms with Gasteiger partial charge in [-0.3, -0.25) is 4.79 Å². The molecule has 29 heavy (non-hydrogen) atoms. The number of ether oxygens (including phenoxy) is 1. The van der Waals surface area contributed by atoms with Crippen LogP contribution in [0.4, 0.5) is 0 Å². The first kappa shape index (κ1) is 20.5. The van der Waals surface area contributed by atoms with Crippen LogP contribution >= 0.6 is 11.6 Å². The smallest absolute Gasteiger partial charge is 0.307 e. The molecule has 0 aliphatic rings. The molecule has 0 aliphatic carbocycles. The summed E-state index contributed by atoms with van der Waals surface area (Å²) < 4.78 is 11.2. The summed E-state index contributed by atoms with van der Waals surface area (Å²) in [5.74, 6) is 0.826. The first-order valence-corrected chi connectivity index (χ1v) is 9.55. The lowest BCUT2D eigenvalue weighted by Gasteiger charge is -2.05. The number of furan rings is 1. The molecule has 6 nitrogen and oxygen atoms in total. The van der Waals surface area contributed by atoms with Crippen molar-refractivity contribution in [1.82, 2.24) is 5.43 Å². The molecule has 1 amide bonds. The van der Waals surface area contributed by atoms with Crippen molar-refractivity contribution in [2.75, 3.05) is 0 Å². The molecule has 0 spiro atoms. The van der Waals surface area contributed by atoms with Gasteiger partial charge in [-0.25, -0.2) is 5.43 Å². The standard InChI is InChI=1S/C22H21ClN2O4/c1-2-3-15-4-8-18(9-5-15)28-14-19-10-11-21(29-19)22(27)25-24-13-16-6-7-17(23)12-20(16)26/h4-13,26H,2-3,14H2,1H3,(H,25,27)/b24-13+. The second-order valence-electron chi connectivity index (χ2n) is 6.35. The Hall–Kier alpha value is -3.25. The van der Waals surface area contributed by atoms with Gasteiger partial charge in [-0.15, -0.1) is 0 Å². The highest BCUT2D eigenvalue weighted by molar-refractivity contribution is 6.30. The van der Waals surface area contributed by atoms with Crippen LogP contribution in [0.15, 0.2) is 64.1 Å². The fourth-order valence-corrected chi connectivity index (χ4v) is 2.78. The first-order chi connectivity index (χ1) is 14.0. The molecule has 0 unspecified atom stereocenters. The van der Waals surface area contributed by atoms with Crippen LogP contribution in [0.2, 0.25) is 5.02 Å². The SMILES string of the molecule is CCCc1ccc(OCc2ccc(C(=O)N/N=C/c3ccc(Cl)cc3O)o2)cc1. The van der Waals surface area contributed by atoms with Gasteiger partial charge in [0.2, 0.25) is 0 Å². The van der Waals surface area contributed by atoms with Gasteiger partial charge in [0.1, 0.15) is 23.9 Å². The van der Waals surface area contributed by atoms with Gasteiger partial charge >= 0.3 is 5.91 Å². The molecular weight excluding hydrogens is 392 g/mol. The van der Waals surface area contributed by atoms with E-state index >= 15 is 0 Å². The minimum absolute atomic E-state index is 0.0318. The van der Waals surface area contributed by atoms with Crippen molar-refractivity contribution in [3.05, 3.63) is 82.3 Å². The van der Waals surface area contributed by atoms with Crippen LogP contribution in [0.25, 0.3) is 0 Å². The van der Waals surface area contributed by atoms with E-state index in [1.807, 2.05) is 24.3 Å².